The van der Waals surface area contributed by atoms with Gasteiger partial charge in [0.15, 0.2) is 5.82 Å². The fraction of sp³-hybridized carbons (Fsp3) is 0.174. The van der Waals surface area contributed by atoms with Gasteiger partial charge in [0.1, 0.15) is 18.1 Å². The van der Waals surface area contributed by atoms with Gasteiger partial charge in [-0.15, -0.1) is 10.2 Å². The second-order valence-electron chi connectivity index (χ2n) is 7.64. The summed E-state index contributed by atoms with van der Waals surface area (Å²) in [7, 11) is 3.52. The van der Waals surface area contributed by atoms with Crippen molar-refractivity contribution in [2.24, 2.45) is 14.1 Å². The van der Waals surface area contributed by atoms with E-state index < -0.39 is 11.9 Å². The monoisotopic (exact) mass is 541 g/mol. The van der Waals surface area contributed by atoms with E-state index in [9.17, 15) is 9.59 Å². The fourth-order valence-corrected chi connectivity index (χ4v) is 4.04. The number of hydrogen-bond donors (Lipinski definition) is 2. The Labute approximate surface area is 209 Å². The van der Waals surface area contributed by atoms with Crippen molar-refractivity contribution in [3.8, 4) is 11.4 Å². The van der Waals surface area contributed by atoms with Crippen LogP contribution in [0.5, 0.6) is 0 Å². The van der Waals surface area contributed by atoms with Gasteiger partial charge in [-0.1, -0.05) is 27.5 Å². The second kappa shape index (κ2) is 10.2. The van der Waals surface area contributed by atoms with E-state index in [1.807, 2.05) is 31.3 Å². The fourth-order valence-electron chi connectivity index (χ4n) is 3.43. The van der Waals surface area contributed by atoms with E-state index in [0.29, 0.717) is 22.2 Å². The lowest BCUT2D eigenvalue weighted by atomic mass is 10.0. The normalized spacial score (nSPS) is 11.8. The first-order valence-electron chi connectivity index (χ1n) is 10.3. The van der Waals surface area contributed by atoms with Crippen LogP contribution in [0.2, 0.25) is 5.02 Å². The highest BCUT2D eigenvalue weighted by molar-refractivity contribution is 9.10. The molecule has 0 saturated carbocycles. The van der Waals surface area contributed by atoms with E-state index in [1.54, 1.807) is 42.2 Å². The van der Waals surface area contributed by atoms with Gasteiger partial charge in [-0.25, -0.2) is 0 Å². The number of aryl methyl sites for hydroxylation is 2. The Morgan fingerprint density at radius 1 is 1.12 bits per heavy atom. The summed E-state index contributed by atoms with van der Waals surface area (Å²) in [5, 5.41) is 18.2. The molecule has 1 atom stereocenters. The zero-order valence-corrected chi connectivity index (χ0v) is 20.7. The van der Waals surface area contributed by atoms with Gasteiger partial charge in [-0.05, 0) is 54.1 Å². The van der Waals surface area contributed by atoms with Gasteiger partial charge in [-0.2, -0.15) is 5.10 Å². The predicted octanol–water partition coefficient (Wildman–Crippen LogP) is 3.61. The number of anilines is 1. The Kier molecular flexibility index (Phi) is 7.09. The molecule has 0 radical (unpaired) electrons. The lowest BCUT2D eigenvalue weighted by Gasteiger charge is -2.19. The third-order valence-corrected chi connectivity index (χ3v) is 6.09. The van der Waals surface area contributed by atoms with E-state index in [-0.39, 0.29) is 12.3 Å². The highest BCUT2D eigenvalue weighted by Gasteiger charge is 2.24. The predicted molar refractivity (Wildman–Crippen MR) is 132 cm³/mol. The summed E-state index contributed by atoms with van der Waals surface area (Å²) in [6, 6.07) is 13.3. The molecule has 2 aromatic heterocycles. The molecule has 174 valence electrons. The summed E-state index contributed by atoms with van der Waals surface area (Å²) in [6.07, 6.45) is 3.34. The minimum absolute atomic E-state index is 0.199. The molecule has 11 heteroatoms. The van der Waals surface area contributed by atoms with Crippen molar-refractivity contribution in [2.75, 3.05) is 5.32 Å². The topological polar surface area (TPSA) is 107 Å². The van der Waals surface area contributed by atoms with Gasteiger partial charge in [0.25, 0.3) is 5.91 Å². The molecule has 0 aliphatic heterocycles. The lowest BCUT2D eigenvalue weighted by molar-refractivity contribution is -0.118. The Hall–Kier alpha value is -3.50. The van der Waals surface area contributed by atoms with Crippen molar-refractivity contribution in [3.63, 3.8) is 0 Å². The van der Waals surface area contributed by atoms with Crippen LogP contribution >= 0.6 is 27.5 Å². The molecule has 0 saturated heterocycles. The second-order valence-corrected chi connectivity index (χ2v) is 8.96. The number of rotatable bonds is 7. The SMILES string of the molecule is Cn1cnnc1-c1ccc(NC(=O)C(Cc2cc(Br)ccc2Cl)NC(=O)c2ccnn2C)cc1. The number of carbonyl (C=O) groups is 2. The van der Waals surface area contributed by atoms with Crippen LogP contribution in [0.1, 0.15) is 16.1 Å². The third kappa shape index (κ3) is 5.35. The maximum atomic E-state index is 13.2. The summed E-state index contributed by atoms with van der Waals surface area (Å²) in [4.78, 5) is 26.1. The van der Waals surface area contributed by atoms with Crippen LogP contribution in [0.3, 0.4) is 0 Å². The first-order valence-corrected chi connectivity index (χ1v) is 11.5. The van der Waals surface area contributed by atoms with Gasteiger partial charge in [0.05, 0.1) is 0 Å². The molecular formula is C23H21BrClN7O2. The van der Waals surface area contributed by atoms with E-state index in [1.165, 1.54) is 10.9 Å². The van der Waals surface area contributed by atoms with Crippen molar-refractivity contribution in [1.29, 1.82) is 0 Å². The molecule has 2 amide bonds. The van der Waals surface area contributed by atoms with Gasteiger partial charge in [0, 0.05) is 47.5 Å². The first kappa shape index (κ1) is 23.7. The van der Waals surface area contributed by atoms with E-state index in [4.69, 9.17) is 11.6 Å². The minimum Gasteiger partial charge on any atom is -0.339 e. The Balaban J connectivity index is 1.55. The largest absolute Gasteiger partial charge is 0.339 e. The van der Waals surface area contributed by atoms with Crippen molar-refractivity contribution in [2.45, 2.75) is 12.5 Å². The number of benzene rings is 2. The average molecular weight is 543 g/mol. The molecule has 2 heterocycles. The van der Waals surface area contributed by atoms with Crippen LogP contribution in [0.4, 0.5) is 5.69 Å². The summed E-state index contributed by atoms with van der Waals surface area (Å²) in [5.41, 5.74) is 2.50. The smallest absolute Gasteiger partial charge is 0.270 e. The van der Waals surface area contributed by atoms with E-state index >= 15 is 0 Å². The number of amides is 2. The molecule has 1 unspecified atom stereocenters. The number of nitrogens with zero attached hydrogens (tertiary/aromatic N) is 5. The van der Waals surface area contributed by atoms with Crippen LogP contribution in [0.25, 0.3) is 11.4 Å². The van der Waals surface area contributed by atoms with E-state index in [0.717, 1.165) is 15.6 Å². The number of carbonyl (C=O) groups excluding carboxylic acids is 2. The molecule has 0 aliphatic carbocycles. The molecule has 0 bridgehead atoms. The lowest BCUT2D eigenvalue weighted by Crippen LogP contribution is -2.45. The van der Waals surface area contributed by atoms with Crippen LogP contribution in [0.15, 0.2) is 65.5 Å². The summed E-state index contributed by atoms with van der Waals surface area (Å²) in [6.45, 7) is 0. The molecule has 4 aromatic rings. The number of halogens is 2. The zero-order chi connectivity index (χ0) is 24.2. The molecule has 0 spiro atoms. The zero-order valence-electron chi connectivity index (χ0n) is 18.4. The maximum Gasteiger partial charge on any atom is 0.270 e. The molecule has 2 N–H and O–H groups in total. The molecular weight excluding hydrogens is 522 g/mol. The maximum absolute atomic E-state index is 13.2. The summed E-state index contributed by atoms with van der Waals surface area (Å²) in [5.74, 6) is -0.0784. The standard InChI is InChI=1S/C23H21BrClN7O2/c1-31-13-26-30-21(31)14-3-6-17(7-4-14)28-22(33)19(12-15-11-16(24)5-8-18(15)25)29-23(34)20-9-10-27-32(20)2/h3-11,13,19H,12H2,1-2H3,(H,28,33)(H,29,34). The molecule has 9 nitrogen and oxygen atoms in total. The van der Waals surface area contributed by atoms with Gasteiger partial charge in [0.2, 0.25) is 5.91 Å². The third-order valence-electron chi connectivity index (χ3n) is 5.23. The van der Waals surface area contributed by atoms with Crippen LogP contribution < -0.4 is 10.6 Å². The first-order chi connectivity index (χ1) is 16.3. The van der Waals surface area contributed by atoms with Crippen LogP contribution in [-0.4, -0.2) is 42.4 Å². The number of nitrogens with one attached hydrogen (secondary N) is 2. The van der Waals surface area contributed by atoms with Gasteiger partial charge >= 0.3 is 0 Å². The Morgan fingerprint density at radius 2 is 1.88 bits per heavy atom. The van der Waals surface area contributed by atoms with Crippen molar-refractivity contribution in [3.05, 3.63) is 81.8 Å². The van der Waals surface area contributed by atoms with Crippen molar-refractivity contribution >= 4 is 45.0 Å². The highest BCUT2D eigenvalue weighted by Crippen LogP contribution is 2.23. The average Bonchev–Trinajstić information content (AvgIpc) is 3.44. The minimum atomic E-state index is -0.882. The van der Waals surface area contributed by atoms with Crippen LogP contribution in [-0.2, 0) is 25.3 Å². The van der Waals surface area contributed by atoms with Crippen molar-refractivity contribution < 1.29 is 9.59 Å². The molecule has 34 heavy (non-hydrogen) atoms. The quantitative estimate of drug-likeness (QED) is 0.371. The summed E-state index contributed by atoms with van der Waals surface area (Å²) >= 11 is 9.78. The van der Waals surface area contributed by atoms with Gasteiger partial charge in [-0.3, -0.25) is 14.3 Å². The molecule has 0 fully saturated rings. The molecule has 4 rings (SSSR count). The van der Waals surface area contributed by atoms with Gasteiger partial charge < -0.3 is 15.2 Å². The molecule has 0 aliphatic rings. The van der Waals surface area contributed by atoms with E-state index in [2.05, 4.69) is 41.9 Å². The Morgan fingerprint density at radius 3 is 2.53 bits per heavy atom. The highest BCUT2D eigenvalue weighted by atomic mass is 79.9. The Bertz CT molecular complexity index is 1330. The number of hydrogen-bond acceptors (Lipinski definition) is 5. The summed E-state index contributed by atoms with van der Waals surface area (Å²) < 4.78 is 4.07. The van der Waals surface area contributed by atoms with Crippen molar-refractivity contribution in [1.82, 2.24) is 29.9 Å². The van der Waals surface area contributed by atoms with Crippen LogP contribution in [0, 0.1) is 0 Å². The molecule has 2 aromatic carbocycles. The number of aromatic nitrogens is 5.